The van der Waals surface area contributed by atoms with Gasteiger partial charge in [-0.05, 0) is 35.4 Å². The molecule has 0 aromatic carbocycles. The largest absolute Gasteiger partial charge is 0.253 e. The predicted octanol–water partition coefficient (Wildman–Crippen LogP) is 2.69. The van der Waals surface area contributed by atoms with Gasteiger partial charge in [0.2, 0.25) is 5.82 Å². The summed E-state index contributed by atoms with van der Waals surface area (Å²) in [6, 6.07) is 5.75. The van der Waals surface area contributed by atoms with E-state index in [2.05, 4.69) is 36.4 Å². The number of aromatic nitrogens is 5. The van der Waals surface area contributed by atoms with Gasteiger partial charge in [0.1, 0.15) is 5.69 Å². The van der Waals surface area contributed by atoms with Crippen LogP contribution >= 0.6 is 15.9 Å². The maximum Gasteiger partial charge on any atom is 0.200 e. The van der Waals surface area contributed by atoms with Crippen LogP contribution in [-0.2, 0) is 6.54 Å². The van der Waals surface area contributed by atoms with Crippen molar-refractivity contribution in [3.63, 3.8) is 0 Å². The minimum Gasteiger partial charge on any atom is -0.253 e. The summed E-state index contributed by atoms with van der Waals surface area (Å²) in [7, 11) is 0. The van der Waals surface area contributed by atoms with E-state index in [1.807, 2.05) is 22.9 Å². The van der Waals surface area contributed by atoms with E-state index in [-0.39, 0.29) is 0 Å². The third kappa shape index (κ3) is 3.60. The minimum absolute atomic E-state index is 0.746. The number of hydrogen-bond acceptors (Lipinski definition) is 4. The minimum atomic E-state index is 0.746. The molecule has 0 saturated heterocycles. The van der Waals surface area contributed by atoms with Gasteiger partial charge in [-0.2, -0.15) is 0 Å². The molecule has 0 aliphatic carbocycles. The van der Waals surface area contributed by atoms with Crippen molar-refractivity contribution in [1.29, 1.82) is 0 Å². The van der Waals surface area contributed by atoms with Crippen molar-refractivity contribution in [3.8, 4) is 11.5 Å². The van der Waals surface area contributed by atoms with Crippen LogP contribution < -0.4 is 0 Å². The van der Waals surface area contributed by atoms with Crippen molar-refractivity contribution in [2.24, 2.45) is 0 Å². The number of unbranched alkanes of at least 4 members (excludes halogenated alkanes) is 3. The van der Waals surface area contributed by atoms with Crippen LogP contribution in [0, 0.1) is 0 Å². The van der Waals surface area contributed by atoms with Crippen LogP contribution in [0.2, 0.25) is 0 Å². The molecule has 0 saturated carbocycles. The number of pyridine rings is 1. The van der Waals surface area contributed by atoms with Gasteiger partial charge in [0.05, 0.1) is 0 Å². The molecule has 0 fully saturated rings. The topological polar surface area (TPSA) is 56.5 Å². The number of hydrogen-bond donors (Lipinski definition) is 0. The van der Waals surface area contributed by atoms with Gasteiger partial charge in [-0.3, -0.25) is 4.98 Å². The Bertz CT molecular complexity index is 457. The molecule has 2 heterocycles. The lowest BCUT2D eigenvalue weighted by Crippen LogP contribution is -2.04. The van der Waals surface area contributed by atoms with Gasteiger partial charge in [-0.15, -0.1) is 5.10 Å². The summed E-state index contributed by atoms with van der Waals surface area (Å²) in [6.45, 7) is 0.848. The molecule has 2 aromatic rings. The first-order chi connectivity index (χ1) is 8.92. The van der Waals surface area contributed by atoms with Crippen molar-refractivity contribution in [3.05, 3.63) is 24.4 Å². The van der Waals surface area contributed by atoms with E-state index in [4.69, 9.17) is 0 Å². The maximum absolute atomic E-state index is 4.27. The van der Waals surface area contributed by atoms with Gasteiger partial charge in [-0.1, -0.05) is 34.8 Å². The summed E-state index contributed by atoms with van der Waals surface area (Å²) < 4.78 is 1.83. The Morgan fingerprint density at radius 2 is 2.00 bits per heavy atom. The second-order valence-corrected chi connectivity index (χ2v) is 4.84. The predicted molar refractivity (Wildman–Crippen MR) is 73.3 cm³/mol. The van der Waals surface area contributed by atoms with Crippen molar-refractivity contribution in [2.75, 3.05) is 5.33 Å². The Kier molecular flexibility index (Phi) is 5.26. The molecule has 96 valence electrons. The molecule has 0 atom stereocenters. The summed E-state index contributed by atoms with van der Waals surface area (Å²) in [5.41, 5.74) is 0.822. The van der Waals surface area contributed by atoms with Crippen molar-refractivity contribution in [1.82, 2.24) is 25.2 Å². The van der Waals surface area contributed by atoms with Crippen LogP contribution in [0.3, 0.4) is 0 Å². The van der Waals surface area contributed by atoms with E-state index in [9.17, 15) is 0 Å². The summed E-state index contributed by atoms with van der Waals surface area (Å²) in [5, 5.41) is 12.9. The molecule has 0 aliphatic rings. The average Bonchev–Trinajstić information content (AvgIpc) is 2.88. The van der Waals surface area contributed by atoms with E-state index in [0.29, 0.717) is 0 Å². The molecular formula is C12H16BrN5. The maximum atomic E-state index is 4.27. The molecule has 5 nitrogen and oxygen atoms in total. The third-order valence-electron chi connectivity index (χ3n) is 2.68. The first kappa shape index (κ1) is 13.1. The van der Waals surface area contributed by atoms with Crippen LogP contribution in [0.5, 0.6) is 0 Å². The lowest BCUT2D eigenvalue weighted by atomic mass is 10.2. The molecule has 0 radical (unpaired) electrons. The van der Waals surface area contributed by atoms with Gasteiger partial charge < -0.3 is 0 Å². The zero-order chi connectivity index (χ0) is 12.6. The summed E-state index contributed by atoms with van der Waals surface area (Å²) in [4.78, 5) is 4.27. The van der Waals surface area contributed by atoms with E-state index in [0.717, 1.165) is 29.8 Å². The smallest absolute Gasteiger partial charge is 0.200 e. The second-order valence-electron chi connectivity index (χ2n) is 4.04. The number of alkyl halides is 1. The number of tetrazole rings is 1. The van der Waals surface area contributed by atoms with Gasteiger partial charge >= 0.3 is 0 Å². The highest BCUT2D eigenvalue weighted by atomic mass is 79.9. The second kappa shape index (κ2) is 7.20. The van der Waals surface area contributed by atoms with Crippen molar-refractivity contribution < 1.29 is 0 Å². The average molecular weight is 310 g/mol. The van der Waals surface area contributed by atoms with E-state index >= 15 is 0 Å². The molecule has 0 bridgehead atoms. The molecule has 2 aromatic heterocycles. The Balaban J connectivity index is 1.92. The van der Waals surface area contributed by atoms with Crippen LogP contribution in [0.15, 0.2) is 24.4 Å². The van der Waals surface area contributed by atoms with Crippen molar-refractivity contribution >= 4 is 15.9 Å². The zero-order valence-electron chi connectivity index (χ0n) is 10.2. The zero-order valence-corrected chi connectivity index (χ0v) is 11.8. The normalized spacial score (nSPS) is 10.7. The highest BCUT2D eigenvalue weighted by Gasteiger charge is 2.08. The summed E-state index contributed by atoms with van der Waals surface area (Å²) >= 11 is 3.44. The van der Waals surface area contributed by atoms with E-state index in [1.54, 1.807) is 6.20 Å². The van der Waals surface area contributed by atoms with Crippen LogP contribution in [0.25, 0.3) is 11.5 Å². The fourth-order valence-electron chi connectivity index (χ4n) is 1.74. The number of rotatable bonds is 7. The molecule has 2 rings (SSSR count). The standard InChI is InChI=1S/C12H16BrN5/c13-8-4-1-2-6-10-18-12(15-16-17-18)11-7-3-5-9-14-11/h3,5,7,9H,1-2,4,6,8,10H2. The van der Waals surface area contributed by atoms with Gasteiger partial charge in [0, 0.05) is 18.1 Å². The fraction of sp³-hybridized carbons (Fsp3) is 0.500. The molecule has 0 aliphatic heterocycles. The number of aryl methyl sites for hydroxylation is 1. The molecule has 6 heteroatoms. The van der Waals surface area contributed by atoms with Crippen LogP contribution in [0.1, 0.15) is 25.7 Å². The van der Waals surface area contributed by atoms with Crippen molar-refractivity contribution in [2.45, 2.75) is 32.2 Å². The first-order valence-electron chi connectivity index (χ1n) is 6.15. The Hall–Kier alpha value is -1.30. The SMILES string of the molecule is BrCCCCCCn1nnnc1-c1ccccn1. The number of nitrogens with zero attached hydrogens (tertiary/aromatic N) is 5. The first-order valence-corrected chi connectivity index (χ1v) is 7.27. The molecule has 0 N–H and O–H groups in total. The van der Waals surface area contributed by atoms with E-state index < -0.39 is 0 Å². The Labute approximate surface area is 115 Å². The molecular weight excluding hydrogens is 294 g/mol. The fourth-order valence-corrected chi connectivity index (χ4v) is 2.14. The Morgan fingerprint density at radius 1 is 1.11 bits per heavy atom. The quantitative estimate of drug-likeness (QED) is 0.583. The molecule has 18 heavy (non-hydrogen) atoms. The van der Waals surface area contributed by atoms with Gasteiger partial charge in [-0.25, -0.2) is 4.68 Å². The number of halogens is 1. The van der Waals surface area contributed by atoms with Gasteiger partial charge in [0.15, 0.2) is 0 Å². The van der Waals surface area contributed by atoms with Crippen LogP contribution in [0.4, 0.5) is 0 Å². The summed E-state index contributed by atoms with van der Waals surface area (Å²) in [5.74, 6) is 0.746. The molecule has 0 unspecified atom stereocenters. The lowest BCUT2D eigenvalue weighted by Gasteiger charge is -2.03. The molecule has 0 amide bonds. The highest BCUT2D eigenvalue weighted by Crippen LogP contribution is 2.12. The monoisotopic (exact) mass is 309 g/mol. The third-order valence-corrected chi connectivity index (χ3v) is 3.24. The highest BCUT2D eigenvalue weighted by molar-refractivity contribution is 9.09. The van der Waals surface area contributed by atoms with Crippen LogP contribution in [-0.4, -0.2) is 30.5 Å². The molecule has 0 spiro atoms. The lowest BCUT2D eigenvalue weighted by molar-refractivity contribution is 0.532. The van der Waals surface area contributed by atoms with Gasteiger partial charge in [0.25, 0.3) is 0 Å². The Morgan fingerprint density at radius 3 is 2.78 bits per heavy atom. The van der Waals surface area contributed by atoms with E-state index in [1.165, 1.54) is 19.3 Å². The summed E-state index contributed by atoms with van der Waals surface area (Å²) in [6.07, 6.45) is 6.52.